The second-order valence-corrected chi connectivity index (χ2v) is 6.29. The maximum atomic E-state index is 12.3. The summed E-state index contributed by atoms with van der Waals surface area (Å²) in [7, 11) is 0. The van der Waals surface area contributed by atoms with Crippen LogP contribution >= 0.6 is 0 Å². The van der Waals surface area contributed by atoms with Crippen molar-refractivity contribution in [2.75, 3.05) is 26.2 Å². The van der Waals surface area contributed by atoms with Crippen LogP contribution in [0.5, 0.6) is 0 Å². The highest BCUT2D eigenvalue weighted by atomic mass is 16.5. The zero-order chi connectivity index (χ0) is 13.2. The van der Waals surface area contributed by atoms with Crippen molar-refractivity contribution < 1.29 is 9.53 Å². The van der Waals surface area contributed by atoms with Gasteiger partial charge in [-0.05, 0) is 51.5 Å². The summed E-state index contributed by atoms with van der Waals surface area (Å²) in [6.45, 7) is 5.76. The average molecular weight is 266 g/mol. The molecule has 0 aromatic rings. The van der Waals surface area contributed by atoms with Gasteiger partial charge in [0.05, 0.1) is 12.0 Å². The Morgan fingerprint density at radius 2 is 2.00 bits per heavy atom. The van der Waals surface area contributed by atoms with Gasteiger partial charge in [0.1, 0.15) is 0 Å². The van der Waals surface area contributed by atoms with Crippen LogP contribution in [0.25, 0.3) is 0 Å². The summed E-state index contributed by atoms with van der Waals surface area (Å²) in [6, 6.07) is 0.631. The van der Waals surface area contributed by atoms with E-state index >= 15 is 0 Å². The molecule has 1 N–H and O–H groups in total. The van der Waals surface area contributed by atoms with E-state index in [9.17, 15) is 4.79 Å². The Morgan fingerprint density at radius 1 is 1.26 bits per heavy atom. The van der Waals surface area contributed by atoms with Gasteiger partial charge in [-0.15, -0.1) is 0 Å². The van der Waals surface area contributed by atoms with E-state index in [0.717, 1.165) is 44.9 Å². The molecule has 0 radical (unpaired) electrons. The summed E-state index contributed by atoms with van der Waals surface area (Å²) < 4.78 is 5.51. The molecule has 1 amide bonds. The van der Waals surface area contributed by atoms with Gasteiger partial charge in [-0.3, -0.25) is 4.79 Å². The fraction of sp³-hybridized carbons (Fsp3) is 0.933. The minimum atomic E-state index is 0.163. The first-order valence-electron chi connectivity index (χ1n) is 7.91. The standard InChI is InChI=1S/C15H26N2O2/c1-2-19-14-9-13(14)15(18)17-7-5-12(6-8-17)16-10-11-3-4-11/h11-14,16H,2-10H2,1H3. The fourth-order valence-electron chi connectivity index (χ4n) is 3.02. The number of ether oxygens (including phenoxy) is 1. The number of hydrogen-bond acceptors (Lipinski definition) is 3. The Hall–Kier alpha value is -0.610. The van der Waals surface area contributed by atoms with Crippen molar-refractivity contribution in [1.29, 1.82) is 0 Å². The largest absolute Gasteiger partial charge is 0.378 e. The Morgan fingerprint density at radius 3 is 2.63 bits per heavy atom. The van der Waals surface area contributed by atoms with E-state index in [0.29, 0.717) is 11.9 Å². The number of nitrogens with zero attached hydrogens (tertiary/aromatic N) is 1. The van der Waals surface area contributed by atoms with Crippen molar-refractivity contribution >= 4 is 5.91 Å². The van der Waals surface area contributed by atoms with Crippen molar-refractivity contribution in [2.24, 2.45) is 11.8 Å². The van der Waals surface area contributed by atoms with E-state index in [-0.39, 0.29) is 12.0 Å². The molecule has 19 heavy (non-hydrogen) atoms. The second-order valence-electron chi connectivity index (χ2n) is 6.29. The zero-order valence-electron chi connectivity index (χ0n) is 11.9. The Bertz CT molecular complexity index is 322. The molecule has 3 rings (SSSR count). The van der Waals surface area contributed by atoms with Crippen LogP contribution in [-0.4, -0.2) is 49.2 Å². The number of likely N-dealkylation sites (tertiary alicyclic amines) is 1. The van der Waals surface area contributed by atoms with Crippen LogP contribution in [0, 0.1) is 11.8 Å². The molecule has 2 unspecified atom stereocenters. The molecule has 1 heterocycles. The lowest BCUT2D eigenvalue weighted by Gasteiger charge is -2.32. The number of carbonyl (C=O) groups excluding carboxylic acids is 1. The molecule has 4 heteroatoms. The highest BCUT2D eigenvalue weighted by Crippen LogP contribution is 2.36. The van der Waals surface area contributed by atoms with Crippen molar-refractivity contribution in [1.82, 2.24) is 10.2 Å². The van der Waals surface area contributed by atoms with Crippen LogP contribution in [0.15, 0.2) is 0 Å². The van der Waals surface area contributed by atoms with Crippen molar-refractivity contribution in [3.05, 3.63) is 0 Å². The monoisotopic (exact) mass is 266 g/mol. The molecule has 2 atom stereocenters. The number of amides is 1. The summed E-state index contributed by atoms with van der Waals surface area (Å²) in [5.74, 6) is 1.44. The number of carbonyl (C=O) groups is 1. The number of nitrogens with one attached hydrogen (secondary N) is 1. The van der Waals surface area contributed by atoms with Gasteiger partial charge < -0.3 is 15.0 Å². The molecule has 0 spiro atoms. The molecule has 108 valence electrons. The van der Waals surface area contributed by atoms with Crippen LogP contribution in [0.3, 0.4) is 0 Å². The Kier molecular flexibility index (Phi) is 4.08. The van der Waals surface area contributed by atoms with Crippen molar-refractivity contribution in [3.63, 3.8) is 0 Å². The molecular weight excluding hydrogens is 240 g/mol. The first-order chi connectivity index (χ1) is 9.28. The Labute approximate surface area is 115 Å². The van der Waals surface area contributed by atoms with E-state index in [4.69, 9.17) is 4.74 Å². The third-order valence-corrected chi connectivity index (χ3v) is 4.63. The van der Waals surface area contributed by atoms with E-state index in [2.05, 4.69) is 10.2 Å². The van der Waals surface area contributed by atoms with Gasteiger partial charge in [0, 0.05) is 25.7 Å². The summed E-state index contributed by atoms with van der Waals surface area (Å²) in [5, 5.41) is 3.65. The number of piperidine rings is 1. The van der Waals surface area contributed by atoms with Gasteiger partial charge in [-0.2, -0.15) is 0 Å². The van der Waals surface area contributed by atoms with Crippen molar-refractivity contribution in [3.8, 4) is 0 Å². The first-order valence-corrected chi connectivity index (χ1v) is 7.91. The molecule has 1 saturated heterocycles. The molecule has 0 aromatic carbocycles. The summed E-state index contributed by atoms with van der Waals surface area (Å²) >= 11 is 0. The minimum Gasteiger partial charge on any atom is -0.378 e. The average Bonchev–Trinajstić information content (AvgIpc) is 3.32. The van der Waals surface area contributed by atoms with Gasteiger partial charge in [0.25, 0.3) is 0 Å². The molecule has 2 aliphatic carbocycles. The zero-order valence-corrected chi connectivity index (χ0v) is 11.9. The number of rotatable bonds is 6. The summed E-state index contributed by atoms with van der Waals surface area (Å²) in [5.41, 5.74) is 0. The molecule has 3 fully saturated rings. The van der Waals surface area contributed by atoms with E-state index in [1.807, 2.05) is 6.92 Å². The second kappa shape index (κ2) is 5.80. The molecule has 3 aliphatic rings. The van der Waals surface area contributed by atoms with Crippen LogP contribution in [0.1, 0.15) is 39.0 Å². The van der Waals surface area contributed by atoms with Crippen LogP contribution in [-0.2, 0) is 9.53 Å². The minimum absolute atomic E-state index is 0.163. The summed E-state index contributed by atoms with van der Waals surface area (Å²) in [6.07, 6.45) is 6.19. The van der Waals surface area contributed by atoms with E-state index in [1.165, 1.54) is 19.4 Å². The third kappa shape index (κ3) is 3.48. The maximum Gasteiger partial charge on any atom is 0.228 e. The molecule has 4 nitrogen and oxygen atoms in total. The lowest BCUT2D eigenvalue weighted by molar-refractivity contribution is -0.134. The van der Waals surface area contributed by atoms with Gasteiger partial charge in [0.15, 0.2) is 0 Å². The highest BCUT2D eigenvalue weighted by Gasteiger charge is 2.46. The molecule has 0 aromatic heterocycles. The predicted molar refractivity (Wildman–Crippen MR) is 73.8 cm³/mol. The maximum absolute atomic E-state index is 12.3. The topological polar surface area (TPSA) is 41.6 Å². The fourth-order valence-corrected chi connectivity index (χ4v) is 3.02. The molecule has 2 saturated carbocycles. The van der Waals surface area contributed by atoms with Gasteiger partial charge in [0.2, 0.25) is 5.91 Å². The third-order valence-electron chi connectivity index (χ3n) is 4.63. The SMILES string of the molecule is CCOC1CC1C(=O)N1CCC(NCC2CC2)CC1. The van der Waals surface area contributed by atoms with Crippen LogP contribution in [0.2, 0.25) is 0 Å². The molecule has 0 bridgehead atoms. The van der Waals surface area contributed by atoms with E-state index < -0.39 is 0 Å². The van der Waals surface area contributed by atoms with Gasteiger partial charge in [-0.1, -0.05) is 0 Å². The highest BCUT2D eigenvalue weighted by molar-refractivity contribution is 5.82. The lowest BCUT2D eigenvalue weighted by Crippen LogP contribution is -2.46. The quantitative estimate of drug-likeness (QED) is 0.790. The van der Waals surface area contributed by atoms with Gasteiger partial charge in [-0.25, -0.2) is 0 Å². The summed E-state index contributed by atoms with van der Waals surface area (Å²) in [4.78, 5) is 14.3. The van der Waals surface area contributed by atoms with Crippen molar-refractivity contribution in [2.45, 2.75) is 51.2 Å². The van der Waals surface area contributed by atoms with E-state index in [1.54, 1.807) is 0 Å². The first kappa shape index (κ1) is 13.4. The normalized spacial score (nSPS) is 31.5. The van der Waals surface area contributed by atoms with Crippen LogP contribution in [0.4, 0.5) is 0 Å². The molecular formula is C15H26N2O2. The Balaban J connectivity index is 1.36. The predicted octanol–water partition coefficient (Wildman–Crippen LogP) is 1.40. The number of hydrogen-bond donors (Lipinski definition) is 1. The lowest BCUT2D eigenvalue weighted by atomic mass is 10.0. The smallest absolute Gasteiger partial charge is 0.228 e. The van der Waals surface area contributed by atoms with Gasteiger partial charge >= 0.3 is 0 Å². The van der Waals surface area contributed by atoms with Crippen LogP contribution < -0.4 is 5.32 Å². The molecule has 1 aliphatic heterocycles.